The lowest BCUT2D eigenvalue weighted by Crippen LogP contribution is -2.35. The number of aromatic nitrogens is 1. The van der Waals surface area contributed by atoms with Gasteiger partial charge in [-0.2, -0.15) is 0 Å². The maximum absolute atomic E-state index is 13.7. The molecule has 0 saturated heterocycles. The molecule has 1 heterocycles. The molecule has 0 fully saturated rings. The van der Waals surface area contributed by atoms with E-state index in [4.69, 9.17) is 0 Å². The van der Waals surface area contributed by atoms with E-state index >= 15 is 0 Å². The van der Waals surface area contributed by atoms with Gasteiger partial charge in [0.05, 0.1) is 6.04 Å². The normalized spacial score (nSPS) is 13.5. The Morgan fingerprint density at radius 2 is 1.96 bits per heavy atom. The summed E-state index contributed by atoms with van der Waals surface area (Å²) < 4.78 is 55.6. The number of halogens is 2. The Kier molecular flexibility index (Phi) is 5.18. The smallest absolute Gasteiger partial charge is 0.243 e. The number of hydrogen-bond acceptors (Lipinski definition) is 3. The summed E-state index contributed by atoms with van der Waals surface area (Å²) in [5.41, 5.74) is 0.900. The van der Waals surface area contributed by atoms with Crippen LogP contribution >= 0.6 is 0 Å². The molecule has 0 aliphatic rings. The summed E-state index contributed by atoms with van der Waals surface area (Å²) in [6, 6.07) is 5.83. The second-order valence-electron chi connectivity index (χ2n) is 5.45. The van der Waals surface area contributed by atoms with Crippen LogP contribution in [-0.4, -0.2) is 38.5 Å². The molecule has 23 heavy (non-hydrogen) atoms. The molecule has 0 aliphatic heterocycles. The standard InChI is InChI=1S/C15H19F2N3O2S/c1-19(2)14(13-5-4-8-20(13)3)10-18-23(21,22)15-9-11(16)6-7-12(15)17/h4-9,14,18H,10H2,1-3H3/t14-/m0/s1. The van der Waals surface area contributed by atoms with Crippen LogP contribution in [0.1, 0.15) is 11.7 Å². The van der Waals surface area contributed by atoms with Gasteiger partial charge < -0.3 is 4.57 Å². The Labute approximate surface area is 134 Å². The summed E-state index contributed by atoms with van der Waals surface area (Å²) in [6.45, 7) is 0.0309. The van der Waals surface area contributed by atoms with Gasteiger partial charge >= 0.3 is 0 Å². The van der Waals surface area contributed by atoms with Crippen molar-refractivity contribution in [2.75, 3.05) is 20.6 Å². The second kappa shape index (κ2) is 6.77. The van der Waals surface area contributed by atoms with Gasteiger partial charge in [0.1, 0.15) is 16.5 Å². The quantitative estimate of drug-likeness (QED) is 0.871. The van der Waals surface area contributed by atoms with Crippen molar-refractivity contribution in [3.8, 4) is 0 Å². The molecule has 0 unspecified atom stereocenters. The van der Waals surface area contributed by atoms with E-state index in [9.17, 15) is 17.2 Å². The number of hydrogen-bond donors (Lipinski definition) is 1. The molecule has 8 heteroatoms. The molecule has 1 N–H and O–H groups in total. The minimum absolute atomic E-state index is 0.0309. The summed E-state index contributed by atoms with van der Waals surface area (Å²) in [7, 11) is 1.34. The number of rotatable bonds is 6. The van der Waals surface area contributed by atoms with Crippen molar-refractivity contribution in [3.05, 3.63) is 53.9 Å². The van der Waals surface area contributed by atoms with Gasteiger partial charge in [0, 0.05) is 25.5 Å². The van der Waals surface area contributed by atoms with Crippen molar-refractivity contribution >= 4 is 10.0 Å². The predicted molar refractivity (Wildman–Crippen MR) is 83.4 cm³/mol. The largest absolute Gasteiger partial charge is 0.353 e. The van der Waals surface area contributed by atoms with Crippen LogP contribution in [0.2, 0.25) is 0 Å². The van der Waals surface area contributed by atoms with E-state index in [1.807, 2.05) is 48.9 Å². The summed E-state index contributed by atoms with van der Waals surface area (Å²) in [5.74, 6) is -1.79. The zero-order valence-electron chi connectivity index (χ0n) is 13.1. The van der Waals surface area contributed by atoms with Crippen molar-refractivity contribution in [1.29, 1.82) is 0 Å². The van der Waals surface area contributed by atoms with Crippen LogP contribution in [0.25, 0.3) is 0 Å². The second-order valence-corrected chi connectivity index (χ2v) is 7.19. The van der Waals surface area contributed by atoms with Crippen LogP contribution in [0.4, 0.5) is 8.78 Å². The zero-order valence-corrected chi connectivity index (χ0v) is 13.9. The third kappa shape index (κ3) is 3.95. The Bertz CT molecular complexity index is 788. The molecule has 0 amide bonds. The maximum atomic E-state index is 13.7. The molecule has 126 valence electrons. The monoisotopic (exact) mass is 343 g/mol. The molecule has 1 atom stereocenters. The van der Waals surface area contributed by atoms with Crippen LogP contribution in [0.3, 0.4) is 0 Å². The first-order chi connectivity index (χ1) is 10.7. The van der Waals surface area contributed by atoms with Crippen molar-refractivity contribution in [3.63, 3.8) is 0 Å². The molecule has 2 rings (SSSR count). The van der Waals surface area contributed by atoms with Gasteiger partial charge in [-0.25, -0.2) is 21.9 Å². The van der Waals surface area contributed by atoms with Crippen LogP contribution in [0.5, 0.6) is 0 Å². The van der Waals surface area contributed by atoms with E-state index in [2.05, 4.69) is 4.72 Å². The molecule has 0 aliphatic carbocycles. The number of benzene rings is 1. The minimum atomic E-state index is -4.15. The molecular formula is C15H19F2N3O2S. The van der Waals surface area contributed by atoms with E-state index in [1.54, 1.807) is 0 Å². The molecule has 1 aromatic carbocycles. The van der Waals surface area contributed by atoms with Crippen molar-refractivity contribution in [2.45, 2.75) is 10.9 Å². The third-order valence-electron chi connectivity index (χ3n) is 3.60. The number of sulfonamides is 1. The first-order valence-corrected chi connectivity index (χ1v) is 8.43. The molecule has 0 bridgehead atoms. The van der Waals surface area contributed by atoms with Crippen molar-refractivity contribution in [2.24, 2.45) is 7.05 Å². The first-order valence-electron chi connectivity index (χ1n) is 6.95. The van der Waals surface area contributed by atoms with Gasteiger partial charge in [-0.05, 0) is 44.4 Å². The molecule has 0 saturated carbocycles. The maximum Gasteiger partial charge on any atom is 0.243 e. The first kappa shape index (κ1) is 17.6. The van der Waals surface area contributed by atoms with Gasteiger partial charge in [-0.15, -0.1) is 0 Å². The lowest BCUT2D eigenvalue weighted by atomic mass is 10.2. The number of nitrogens with zero attached hydrogens (tertiary/aromatic N) is 2. The fourth-order valence-corrected chi connectivity index (χ4v) is 3.45. The molecule has 2 aromatic rings. The average molecular weight is 343 g/mol. The van der Waals surface area contributed by atoms with E-state index < -0.39 is 26.6 Å². The lowest BCUT2D eigenvalue weighted by Gasteiger charge is -2.25. The van der Waals surface area contributed by atoms with Crippen molar-refractivity contribution < 1.29 is 17.2 Å². The third-order valence-corrected chi connectivity index (χ3v) is 5.04. The SMILES string of the molecule is CN(C)[C@@H](CNS(=O)(=O)c1cc(F)ccc1F)c1cccn1C. The minimum Gasteiger partial charge on any atom is -0.353 e. The van der Waals surface area contributed by atoms with Crippen molar-refractivity contribution in [1.82, 2.24) is 14.2 Å². The van der Waals surface area contributed by atoms with Gasteiger partial charge in [0.25, 0.3) is 0 Å². The highest BCUT2D eigenvalue weighted by molar-refractivity contribution is 7.89. The molecule has 0 radical (unpaired) electrons. The predicted octanol–water partition coefficient (Wildman–Crippen LogP) is 1.88. The zero-order chi connectivity index (χ0) is 17.2. The molecule has 0 spiro atoms. The van der Waals surface area contributed by atoms with E-state index in [-0.39, 0.29) is 12.6 Å². The van der Waals surface area contributed by atoms with Gasteiger partial charge in [-0.1, -0.05) is 0 Å². The van der Waals surface area contributed by atoms with Crippen LogP contribution in [0.15, 0.2) is 41.4 Å². The Hall–Kier alpha value is -1.77. The fraction of sp³-hybridized carbons (Fsp3) is 0.333. The Morgan fingerprint density at radius 3 is 2.52 bits per heavy atom. The van der Waals surface area contributed by atoms with E-state index in [1.165, 1.54) is 0 Å². The number of aryl methyl sites for hydroxylation is 1. The Morgan fingerprint density at radius 1 is 1.26 bits per heavy atom. The fourth-order valence-electron chi connectivity index (χ4n) is 2.32. The molecule has 5 nitrogen and oxygen atoms in total. The average Bonchev–Trinajstić information content (AvgIpc) is 2.87. The summed E-state index contributed by atoms with van der Waals surface area (Å²) in [5, 5.41) is 0. The Balaban J connectivity index is 2.23. The number of nitrogens with one attached hydrogen (secondary N) is 1. The van der Waals surface area contributed by atoms with Crippen LogP contribution < -0.4 is 4.72 Å². The van der Waals surface area contributed by atoms with Gasteiger partial charge in [-0.3, -0.25) is 4.90 Å². The highest BCUT2D eigenvalue weighted by Gasteiger charge is 2.23. The summed E-state index contributed by atoms with van der Waals surface area (Å²) >= 11 is 0. The molecule has 1 aromatic heterocycles. The van der Waals surface area contributed by atoms with Crippen LogP contribution in [-0.2, 0) is 17.1 Å². The van der Waals surface area contributed by atoms with Gasteiger partial charge in [0.2, 0.25) is 10.0 Å². The van der Waals surface area contributed by atoms with Gasteiger partial charge in [0.15, 0.2) is 0 Å². The van der Waals surface area contributed by atoms with E-state index in [0.29, 0.717) is 6.07 Å². The lowest BCUT2D eigenvalue weighted by molar-refractivity contribution is 0.289. The van der Waals surface area contributed by atoms with E-state index in [0.717, 1.165) is 17.8 Å². The summed E-state index contributed by atoms with van der Waals surface area (Å²) in [6.07, 6.45) is 1.85. The van der Waals surface area contributed by atoms with Crippen LogP contribution in [0, 0.1) is 11.6 Å². The topological polar surface area (TPSA) is 54.3 Å². The highest BCUT2D eigenvalue weighted by atomic mass is 32.2. The highest BCUT2D eigenvalue weighted by Crippen LogP contribution is 2.20. The summed E-state index contributed by atoms with van der Waals surface area (Å²) in [4.78, 5) is 1.15. The molecular weight excluding hydrogens is 324 g/mol. The number of likely N-dealkylation sites (N-methyl/N-ethyl adjacent to an activating group) is 1.